The number of benzene rings is 2. The highest BCUT2D eigenvalue weighted by atomic mass is 16.4. The summed E-state index contributed by atoms with van der Waals surface area (Å²) in [5, 5.41) is 10.2. The van der Waals surface area contributed by atoms with E-state index >= 15 is 0 Å². The zero-order valence-corrected chi connectivity index (χ0v) is 15.0. The number of hydrogen-bond donors (Lipinski definition) is 1. The number of aromatic nitrogens is 1. The van der Waals surface area contributed by atoms with E-state index in [1.165, 1.54) is 5.56 Å². The van der Waals surface area contributed by atoms with Crippen molar-refractivity contribution in [1.82, 2.24) is 9.47 Å². The highest BCUT2D eigenvalue weighted by Gasteiger charge is 2.30. The van der Waals surface area contributed by atoms with Gasteiger partial charge in [-0.3, -0.25) is 9.59 Å². The van der Waals surface area contributed by atoms with E-state index in [2.05, 4.69) is 16.7 Å². The minimum atomic E-state index is -0.820. The first-order chi connectivity index (χ1) is 13.1. The maximum atomic E-state index is 13.2. The number of carbonyl (C=O) groups is 2. The lowest BCUT2D eigenvalue weighted by Crippen LogP contribution is -2.42. The number of aliphatic carboxylic acids is 1. The van der Waals surface area contributed by atoms with Crippen LogP contribution in [0.15, 0.2) is 60.8 Å². The van der Waals surface area contributed by atoms with Gasteiger partial charge in [-0.1, -0.05) is 48.5 Å². The van der Waals surface area contributed by atoms with Gasteiger partial charge in [0.05, 0.1) is 11.5 Å². The van der Waals surface area contributed by atoms with Crippen LogP contribution < -0.4 is 0 Å². The summed E-state index contributed by atoms with van der Waals surface area (Å²) in [5.41, 5.74) is 2.82. The Kier molecular flexibility index (Phi) is 4.67. The van der Waals surface area contributed by atoms with Gasteiger partial charge < -0.3 is 14.6 Å². The number of para-hydroxylation sites is 1. The Bertz CT molecular complexity index is 978. The molecule has 2 aromatic carbocycles. The molecule has 1 amide bonds. The van der Waals surface area contributed by atoms with Crippen LogP contribution in [0.25, 0.3) is 10.9 Å². The van der Waals surface area contributed by atoms with Crippen molar-refractivity contribution in [3.63, 3.8) is 0 Å². The van der Waals surface area contributed by atoms with Crippen LogP contribution in [0.1, 0.15) is 28.8 Å². The lowest BCUT2D eigenvalue weighted by molar-refractivity contribution is -0.143. The molecule has 1 aliphatic heterocycles. The topological polar surface area (TPSA) is 62.5 Å². The van der Waals surface area contributed by atoms with Gasteiger partial charge in [0.1, 0.15) is 0 Å². The van der Waals surface area contributed by atoms with Gasteiger partial charge in [-0.25, -0.2) is 0 Å². The minimum Gasteiger partial charge on any atom is -0.481 e. The number of rotatable bonds is 4. The van der Waals surface area contributed by atoms with E-state index < -0.39 is 11.9 Å². The summed E-state index contributed by atoms with van der Waals surface area (Å²) in [5.74, 6) is -1.37. The summed E-state index contributed by atoms with van der Waals surface area (Å²) in [6.45, 7) is 1.58. The fraction of sp³-hybridized carbons (Fsp3) is 0.273. The summed E-state index contributed by atoms with van der Waals surface area (Å²) < 4.78 is 2.09. The number of piperidine rings is 1. The summed E-state index contributed by atoms with van der Waals surface area (Å²) in [6, 6.07) is 18.0. The number of hydrogen-bond acceptors (Lipinski definition) is 2. The molecule has 0 bridgehead atoms. The van der Waals surface area contributed by atoms with Gasteiger partial charge in [0.2, 0.25) is 0 Å². The molecule has 4 rings (SSSR count). The van der Waals surface area contributed by atoms with Crippen LogP contribution >= 0.6 is 0 Å². The number of likely N-dealkylation sites (tertiary alicyclic amines) is 1. The Hall–Kier alpha value is -3.08. The van der Waals surface area contributed by atoms with Gasteiger partial charge in [-0.05, 0) is 24.5 Å². The Morgan fingerprint density at radius 3 is 2.56 bits per heavy atom. The van der Waals surface area contributed by atoms with Crippen LogP contribution in [-0.4, -0.2) is 39.5 Å². The van der Waals surface area contributed by atoms with E-state index in [4.69, 9.17) is 0 Å². The van der Waals surface area contributed by atoms with E-state index in [1.807, 2.05) is 48.7 Å². The number of amides is 1. The summed E-state index contributed by atoms with van der Waals surface area (Å²) in [4.78, 5) is 26.2. The van der Waals surface area contributed by atoms with Crippen molar-refractivity contribution in [3.8, 4) is 0 Å². The second kappa shape index (κ2) is 7.27. The maximum Gasteiger partial charge on any atom is 0.308 e. The molecule has 1 atom stereocenters. The van der Waals surface area contributed by atoms with Crippen molar-refractivity contribution in [1.29, 1.82) is 0 Å². The molecule has 5 heteroatoms. The third kappa shape index (κ3) is 3.45. The van der Waals surface area contributed by atoms with Crippen LogP contribution in [0.2, 0.25) is 0 Å². The first kappa shape index (κ1) is 17.3. The van der Waals surface area contributed by atoms with Crippen LogP contribution in [-0.2, 0) is 11.3 Å². The third-order valence-electron chi connectivity index (χ3n) is 5.27. The molecule has 1 aromatic heterocycles. The maximum absolute atomic E-state index is 13.2. The molecular formula is C22H22N2O3. The molecule has 1 fully saturated rings. The van der Waals surface area contributed by atoms with Gasteiger partial charge in [-0.15, -0.1) is 0 Å². The highest BCUT2D eigenvalue weighted by molar-refractivity contribution is 6.07. The van der Waals surface area contributed by atoms with E-state index in [1.54, 1.807) is 4.90 Å². The smallest absolute Gasteiger partial charge is 0.308 e. The SMILES string of the molecule is O=C(O)C1CCCN(C(=O)c2cn(Cc3ccccc3)c3ccccc23)C1. The molecule has 27 heavy (non-hydrogen) atoms. The van der Waals surface area contributed by atoms with Gasteiger partial charge in [0.15, 0.2) is 0 Å². The molecule has 5 nitrogen and oxygen atoms in total. The fourth-order valence-corrected chi connectivity index (χ4v) is 3.86. The number of fused-ring (bicyclic) bond motifs is 1. The standard InChI is InChI=1S/C22H22N2O3/c25-21(23-12-6-9-17(14-23)22(26)27)19-15-24(13-16-7-2-1-3-8-16)20-11-5-4-10-18(19)20/h1-5,7-8,10-11,15,17H,6,9,12-14H2,(H,26,27). The fourth-order valence-electron chi connectivity index (χ4n) is 3.86. The van der Waals surface area contributed by atoms with Crippen molar-refractivity contribution < 1.29 is 14.7 Å². The van der Waals surface area contributed by atoms with Crippen LogP contribution in [0.5, 0.6) is 0 Å². The van der Waals surface area contributed by atoms with Crippen molar-refractivity contribution in [2.45, 2.75) is 19.4 Å². The molecule has 0 radical (unpaired) electrons. The molecule has 1 saturated heterocycles. The number of nitrogens with zero attached hydrogens (tertiary/aromatic N) is 2. The molecule has 0 saturated carbocycles. The van der Waals surface area contributed by atoms with Crippen LogP contribution in [0.3, 0.4) is 0 Å². The van der Waals surface area contributed by atoms with Crippen molar-refractivity contribution in [2.24, 2.45) is 5.92 Å². The van der Waals surface area contributed by atoms with E-state index in [0.29, 0.717) is 25.1 Å². The predicted octanol–water partition coefficient (Wildman–Crippen LogP) is 3.63. The monoisotopic (exact) mass is 362 g/mol. The van der Waals surface area contributed by atoms with E-state index in [9.17, 15) is 14.7 Å². The second-order valence-electron chi connectivity index (χ2n) is 7.10. The largest absolute Gasteiger partial charge is 0.481 e. The average Bonchev–Trinajstić information content (AvgIpc) is 3.07. The highest BCUT2D eigenvalue weighted by Crippen LogP contribution is 2.26. The van der Waals surface area contributed by atoms with E-state index in [0.717, 1.165) is 17.3 Å². The minimum absolute atomic E-state index is 0.0797. The Morgan fingerprint density at radius 2 is 1.78 bits per heavy atom. The number of carbonyl (C=O) groups excluding carboxylic acids is 1. The molecule has 0 aliphatic carbocycles. The van der Waals surface area contributed by atoms with Crippen molar-refractivity contribution >= 4 is 22.8 Å². The first-order valence-electron chi connectivity index (χ1n) is 9.27. The molecule has 1 unspecified atom stereocenters. The van der Waals surface area contributed by atoms with Crippen LogP contribution in [0.4, 0.5) is 0 Å². The number of carboxylic acids is 1. The molecular weight excluding hydrogens is 340 g/mol. The normalized spacial score (nSPS) is 17.2. The lowest BCUT2D eigenvalue weighted by Gasteiger charge is -2.30. The quantitative estimate of drug-likeness (QED) is 0.771. The average molecular weight is 362 g/mol. The molecule has 2 heterocycles. The Balaban J connectivity index is 1.67. The summed E-state index contributed by atoms with van der Waals surface area (Å²) in [7, 11) is 0. The molecule has 1 N–H and O–H groups in total. The van der Waals surface area contributed by atoms with E-state index in [-0.39, 0.29) is 12.5 Å². The second-order valence-corrected chi connectivity index (χ2v) is 7.10. The summed E-state index contributed by atoms with van der Waals surface area (Å²) >= 11 is 0. The molecule has 0 spiro atoms. The van der Waals surface area contributed by atoms with Crippen LogP contribution in [0, 0.1) is 5.92 Å². The number of carboxylic acid groups (broad SMARTS) is 1. The molecule has 3 aromatic rings. The third-order valence-corrected chi connectivity index (χ3v) is 5.27. The summed E-state index contributed by atoms with van der Waals surface area (Å²) in [6.07, 6.45) is 3.27. The van der Waals surface area contributed by atoms with Crippen molar-refractivity contribution in [2.75, 3.05) is 13.1 Å². The first-order valence-corrected chi connectivity index (χ1v) is 9.27. The van der Waals surface area contributed by atoms with Crippen molar-refractivity contribution in [3.05, 3.63) is 71.9 Å². The van der Waals surface area contributed by atoms with Gasteiger partial charge in [0.25, 0.3) is 5.91 Å². The molecule has 138 valence electrons. The zero-order chi connectivity index (χ0) is 18.8. The molecule has 1 aliphatic rings. The zero-order valence-electron chi connectivity index (χ0n) is 15.0. The van der Waals surface area contributed by atoms with Gasteiger partial charge in [-0.2, -0.15) is 0 Å². The predicted molar refractivity (Wildman–Crippen MR) is 104 cm³/mol. The Labute approximate surface area is 157 Å². The van der Waals surface area contributed by atoms with Gasteiger partial charge >= 0.3 is 5.97 Å². The van der Waals surface area contributed by atoms with Gasteiger partial charge in [0, 0.05) is 36.7 Å². The Morgan fingerprint density at radius 1 is 1.04 bits per heavy atom. The lowest BCUT2D eigenvalue weighted by atomic mass is 9.97.